The minimum Gasteiger partial charge on any atom is -0.346 e. The Hall–Kier alpha value is -2.70. The predicted octanol–water partition coefficient (Wildman–Crippen LogP) is 3.52. The molecule has 0 aliphatic rings. The fraction of sp³-hybridized carbons (Fsp3) is 0.176. The number of aromatic nitrogens is 4. The van der Waals surface area contributed by atoms with Crippen LogP contribution in [-0.2, 0) is 6.54 Å². The van der Waals surface area contributed by atoms with E-state index in [0.717, 1.165) is 0 Å². The van der Waals surface area contributed by atoms with Crippen LogP contribution < -0.4 is 5.32 Å². The summed E-state index contributed by atoms with van der Waals surface area (Å²) >= 11 is 9.09. The number of benzene rings is 1. The first-order valence-electron chi connectivity index (χ1n) is 7.81. The Morgan fingerprint density at radius 2 is 2.33 bits per heavy atom. The molecule has 27 heavy (non-hydrogen) atoms. The van der Waals surface area contributed by atoms with Crippen molar-refractivity contribution < 1.29 is 9.18 Å². The van der Waals surface area contributed by atoms with Crippen LogP contribution in [0.4, 0.5) is 4.39 Å². The molecular formula is C17H13BrClFN6O. The summed E-state index contributed by atoms with van der Waals surface area (Å²) in [5, 5.41) is 16.1. The molecule has 3 aromatic rings. The van der Waals surface area contributed by atoms with Crippen molar-refractivity contribution in [2.24, 2.45) is 0 Å². The highest BCUT2D eigenvalue weighted by molar-refractivity contribution is 9.10. The Kier molecular flexibility index (Phi) is 5.58. The third kappa shape index (κ3) is 4.35. The van der Waals surface area contributed by atoms with Gasteiger partial charge in [-0.3, -0.25) is 9.48 Å². The summed E-state index contributed by atoms with van der Waals surface area (Å²) in [6, 6.07) is 5.93. The smallest absolute Gasteiger partial charge is 0.269 e. The molecule has 1 unspecified atom stereocenters. The lowest BCUT2D eigenvalue weighted by molar-refractivity contribution is 0.0931. The fourth-order valence-electron chi connectivity index (χ4n) is 2.49. The SMILES string of the molecule is CC(Cn1ccc(-c2cc(F)c(C#N)c(Cl)c2)n1)NC(=O)c1cnc(Br)[nH]1. The molecule has 0 saturated carbocycles. The van der Waals surface area contributed by atoms with Gasteiger partial charge < -0.3 is 10.3 Å². The Morgan fingerprint density at radius 1 is 1.56 bits per heavy atom. The van der Waals surface area contributed by atoms with Crippen molar-refractivity contribution in [1.82, 2.24) is 25.1 Å². The zero-order valence-corrected chi connectivity index (χ0v) is 16.3. The number of nitrogens with one attached hydrogen (secondary N) is 2. The third-order valence-corrected chi connectivity index (χ3v) is 4.42. The number of imidazole rings is 1. The van der Waals surface area contributed by atoms with Crippen molar-refractivity contribution in [3.05, 3.63) is 57.4 Å². The number of hydrogen-bond donors (Lipinski definition) is 2. The molecule has 1 atom stereocenters. The Bertz CT molecular complexity index is 1020. The minimum absolute atomic E-state index is 0.0356. The van der Waals surface area contributed by atoms with E-state index in [4.69, 9.17) is 16.9 Å². The molecule has 1 aromatic carbocycles. The van der Waals surface area contributed by atoms with Gasteiger partial charge in [0.15, 0.2) is 4.73 Å². The van der Waals surface area contributed by atoms with Crippen LogP contribution in [0, 0.1) is 17.1 Å². The summed E-state index contributed by atoms with van der Waals surface area (Å²) in [7, 11) is 0. The quantitative estimate of drug-likeness (QED) is 0.620. The van der Waals surface area contributed by atoms with Gasteiger partial charge in [0.2, 0.25) is 0 Å². The lowest BCUT2D eigenvalue weighted by atomic mass is 10.1. The molecule has 0 spiro atoms. The van der Waals surface area contributed by atoms with E-state index in [9.17, 15) is 9.18 Å². The topological polar surface area (TPSA) is 99.4 Å². The summed E-state index contributed by atoms with van der Waals surface area (Å²) in [6.07, 6.45) is 3.15. The number of halogens is 3. The summed E-state index contributed by atoms with van der Waals surface area (Å²) in [5.41, 5.74) is 1.13. The summed E-state index contributed by atoms with van der Waals surface area (Å²) in [4.78, 5) is 18.8. The van der Waals surface area contributed by atoms with Gasteiger partial charge in [0, 0.05) is 17.8 Å². The fourth-order valence-corrected chi connectivity index (χ4v) is 3.05. The normalized spacial score (nSPS) is 11.8. The molecular weight excluding hydrogens is 439 g/mol. The average Bonchev–Trinajstić information content (AvgIpc) is 3.23. The number of amides is 1. The number of nitrogens with zero attached hydrogens (tertiary/aromatic N) is 4. The first kappa shape index (κ1) is 19.1. The van der Waals surface area contributed by atoms with Crippen molar-refractivity contribution in [3.8, 4) is 17.3 Å². The molecule has 2 N–H and O–H groups in total. The van der Waals surface area contributed by atoms with Crippen LogP contribution in [0.1, 0.15) is 23.0 Å². The third-order valence-electron chi connectivity index (χ3n) is 3.72. The number of aromatic amines is 1. The van der Waals surface area contributed by atoms with Gasteiger partial charge in [0.05, 0.1) is 23.5 Å². The van der Waals surface area contributed by atoms with E-state index in [0.29, 0.717) is 28.2 Å². The van der Waals surface area contributed by atoms with Crippen LogP contribution in [0.2, 0.25) is 5.02 Å². The lowest BCUT2D eigenvalue weighted by Gasteiger charge is -2.13. The molecule has 0 aliphatic heterocycles. The molecule has 0 bridgehead atoms. The standard InChI is InChI=1S/C17H13BrClFN6O/c1-9(23-16(27)15-7-22-17(18)24-15)8-26-3-2-14(25-26)10-4-12(19)11(6-21)13(20)5-10/h2-5,7,9H,8H2,1H3,(H,22,24)(H,23,27). The zero-order valence-electron chi connectivity index (χ0n) is 14.0. The predicted molar refractivity (Wildman–Crippen MR) is 101 cm³/mol. The van der Waals surface area contributed by atoms with Crippen molar-refractivity contribution >= 4 is 33.4 Å². The maximum absolute atomic E-state index is 13.9. The summed E-state index contributed by atoms with van der Waals surface area (Å²) < 4.78 is 16.0. The number of carbonyl (C=O) groups is 1. The molecule has 10 heteroatoms. The molecule has 7 nitrogen and oxygen atoms in total. The van der Waals surface area contributed by atoms with Crippen LogP contribution >= 0.6 is 27.5 Å². The van der Waals surface area contributed by atoms with Crippen LogP contribution in [0.25, 0.3) is 11.3 Å². The van der Waals surface area contributed by atoms with Crippen LogP contribution in [-0.4, -0.2) is 31.7 Å². The molecule has 0 fully saturated rings. The lowest BCUT2D eigenvalue weighted by Crippen LogP contribution is -2.36. The maximum atomic E-state index is 13.9. The van der Waals surface area contributed by atoms with E-state index in [1.54, 1.807) is 23.0 Å². The number of H-pyrrole nitrogens is 1. The second-order valence-corrected chi connectivity index (χ2v) is 6.97. The first-order chi connectivity index (χ1) is 12.9. The molecule has 3 rings (SSSR count). The van der Waals surface area contributed by atoms with E-state index in [2.05, 4.69) is 36.3 Å². The van der Waals surface area contributed by atoms with Crippen molar-refractivity contribution in [1.29, 1.82) is 5.26 Å². The van der Waals surface area contributed by atoms with E-state index < -0.39 is 5.82 Å². The second-order valence-electron chi connectivity index (χ2n) is 5.81. The molecule has 2 heterocycles. The minimum atomic E-state index is -0.694. The van der Waals surface area contributed by atoms with Crippen LogP contribution in [0.5, 0.6) is 0 Å². The molecule has 0 radical (unpaired) electrons. The van der Waals surface area contributed by atoms with Crippen LogP contribution in [0.15, 0.2) is 35.3 Å². The summed E-state index contributed by atoms with van der Waals surface area (Å²) in [5.74, 6) is -0.977. The maximum Gasteiger partial charge on any atom is 0.269 e. The van der Waals surface area contributed by atoms with E-state index in [1.165, 1.54) is 18.3 Å². The number of hydrogen-bond acceptors (Lipinski definition) is 4. The molecule has 138 valence electrons. The largest absolute Gasteiger partial charge is 0.346 e. The second kappa shape index (κ2) is 7.90. The van der Waals surface area contributed by atoms with E-state index >= 15 is 0 Å². The Morgan fingerprint density at radius 3 is 2.96 bits per heavy atom. The van der Waals surface area contributed by atoms with Crippen molar-refractivity contribution in [3.63, 3.8) is 0 Å². The number of nitriles is 1. The highest BCUT2D eigenvalue weighted by Crippen LogP contribution is 2.26. The molecule has 1 amide bonds. The van der Waals surface area contributed by atoms with Gasteiger partial charge in [-0.2, -0.15) is 10.4 Å². The first-order valence-corrected chi connectivity index (χ1v) is 8.99. The Balaban J connectivity index is 1.69. The highest BCUT2D eigenvalue weighted by atomic mass is 79.9. The van der Waals surface area contributed by atoms with Gasteiger partial charge in [-0.25, -0.2) is 9.37 Å². The molecule has 0 saturated heterocycles. The van der Waals surface area contributed by atoms with E-state index in [1.807, 2.05) is 6.92 Å². The van der Waals surface area contributed by atoms with Gasteiger partial charge in [0.25, 0.3) is 5.91 Å². The van der Waals surface area contributed by atoms with Gasteiger partial charge >= 0.3 is 0 Å². The van der Waals surface area contributed by atoms with Crippen molar-refractivity contribution in [2.45, 2.75) is 19.5 Å². The summed E-state index contributed by atoms with van der Waals surface area (Å²) in [6.45, 7) is 2.25. The molecule has 2 aromatic heterocycles. The Labute approximate surface area is 167 Å². The van der Waals surface area contributed by atoms with Crippen molar-refractivity contribution in [2.75, 3.05) is 0 Å². The van der Waals surface area contributed by atoms with Crippen LogP contribution in [0.3, 0.4) is 0 Å². The van der Waals surface area contributed by atoms with Gasteiger partial charge in [0.1, 0.15) is 23.1 Å². The average molecular weight is 452 g/mol. The molecule has 0 aliphatic carbocycles. The monoisotopic (exact) mass is 450 g/mol. The van der Waals surface area contributed by atoms with E-state index in [-0.39, 0.29) is 22.5 Å². The number of rotatable bonds is 5. The van der Waals surface area contributed by atoms with Gasteiger partial charge in [-0.1, -0.05) is 11.6 Å². The zero-order chi connectivity index (χ0) is 19.6. The van der Waals surface area contributed by atoms with Gasteiger partial charge in [-0.05, 0) is 41.1 Å². The highest BCUT2D eigenvalue weighted by Gasteiger charge is 2.15. The number of carbonyl (C=O) groups excluding carboxylic acids is 1. The van der Waals surface area contributed by atoms with Gasteiger partial charge in [-0.15, -0.1) is 0 Å².